The van der Waals surface area contributed by atoms with Crippen LogP contribution in [0, 0.1) is 0 Å². The van der Waals surface area contributed by atoms with Gasteiger partial charge in [0.15, 0.2) is 0 Å². The molecule has 0 saturated carbocycles. The summed E-state index contributed by atoms with van der Waals surface area (Å²) < 4.78 is 1.60. The van der Waals surface area contributed by atoms with Crippen LogP contribution in [0.2, 0.25) is 0 Å². The molecule has 1 aromatic carbocycles. The van der Waals surface area contributed by atoms with E-state index in [4.69, 9.17) is 5.73 Å². The summed E-state index contributed by atoms with van der Waals surface area (Å²) in [6.45, 7) is 0.509. The lowest BCUT2D eigenvalue weighted by Crippen LogP contribution is -2.19. The first-order valence-electron chi connectivity index (χ1n) is 6.02. The summed E-state index contributed by atoms with van der Waals surface area (Å²) in [4.78, 5) is 16.0. The van der Waals surface area contributed by atoms with Crippen LogP contribution >= 0.6 is 0 Å². The van der Waals surface area contributed by atoms with Gasteiger partial charge in [0, 0.05) is 29.5 Å². The first kappa shape index (κ1) is 11.5. The van der Waals surface area contributed by atoms with E-state index in [2.05, 4.69) is 4.98 Å². The van der Waals surface area contributed by atoms with Crippen LogP contribution in [0.3, 0.4) is 0 Å². The van der Waals surface area contributed by atoms with Gasteiger partial charge in [-0.1, -0.05) is 12.1 Å². The van der Waals surface area contributed by atoms with E-state index in [0.717, 1.165) is 16.5 Å². The van der Waals surface area contributed by atoms with Crippen molar-refractivity contribution in [1.82, 2.24) is 9.55 Å². The van der Waals surface area contributed by atoms with Crippen LogP contribution in [0.15, 0.2) is 59.7 Å². The Morgan fingerprint density at radius 3 is 2.95 bits per heavy atom. The number of nitrogens with zero attached hydrogens (tertiary/aromatic N) is 2. The fourth-order valence-corrected chi connectivity index (χ4v) is 2.09. The summed E-state index contributed by atoms with van der Waals surface area (Å²) in [5, 5.41) is 1.07. The molecule has 0 aliphatic carbocycles. The number of hydrogen-bond acceptors (Lipinski definition) is 3. The third-order valence-electron chi connectivity index (χ3n) is 3.03. The molecule has 0 fully saturated rings. The number of fused-ring (bicyclic) bond motifs is 1. The number of anilines is 1. The highest BCUT2D eigenvalue weighted by Gasteiger charge is 2.00. The molecule has 19 heavy (non-hydrogen) atoms. The van der Waals surface area contributed by atoms with E-state index in [-0.39, 0.29) is 5.56 Å². The molecule has 3 rings (SSSR count). The van der Waals surface area contributed by atoms with E-state index in [0.29, 0.717) is 12.2 Å². The van der Waals surface area contributed by atoms with E-state index < -0.39 is 0 Å². The monoisotopic (exact) mass is 251 g/mol. The third-order valence-corrected chi connectivity index (χ3v) is 3.03. The number of benzene rings is 1. The number of rotatable bonds is 2. The molecule has 0 radical (unpaired) electrons. The predicted molar refractivity (Wildman–Crippen MR) is 76.0 cm³/mol. The van der Waals surface area contributed by atoms with Gasteiger partial charge >= 0.3 is 0 Å². The van der Waals surface area contributed by atoms with Gasteiger partial charge in [0.1, 0.15) is 0 Å². The average Bonchev–Trinajstić information content (AvgIpc) is 2.43. The molecule has 0 aliphatic rings. The lowest BCUT2D eigenvalue weighted by Gasteiger charge is -2.07. The molecule has 2 aromatic heterocycles. The second-order valence-electron chi connectivity index (χ2n) is 4.46. The lowest BCUT2D eigenvalue weighted by atomic mass is 10.1. The van der Waals surface area contributed by atoms with Gasteiger partial charge in [0.2, 0.25) is 0 Å². The molecule has 0 amide bonds. The van der Waals surface area contributed by atoms with Crippen molar-refractivity contribution in [2.45, 2.75) is 6.54 Å². The fourth-order valence-electron chi connectivity index (χ4n) is 2.09. The second-order valence-corrected chi connectivity index (χ2v) is 4.46. The predicted octanol–water partition coefficient (Wildman–Crippen LogP) is 2.03. The van der Waals surface area contributed by atoms with E-state index in [9.17, 15) is 4.79 Å². The van der Waals surface area contributed by atoms with Crippen molar-refractivity contribution in [2.24, 2.45) is 0 Å². The standard InChI is InChI=1S/C15H13N3O/c16-13-4-6-15(19)18(10-13)9-11-3-5-14-12(8-11)2-1-7-17-14/h1-8,10H,9,16H2. The Bertz CT molecular complexity index is 792. The van der Waals surface area contributed by atoms with Crippen LogP contribution in [0.5, 0.6) is 0 Å². The summed E-state index contributed by atoms with van der Waals surface area (Å²) >= 11 is 0. The zero-order chi connectivity index (χ0) is 13.2. The lowest BCUT2D eigenvalue weighted by molar-refractivity contribution is 0.762. The Balaban J connectivity index is 2.01. The van der Waals surface area contributed by atoms with E-state index >= 15 is 0 Å². The topological polar surface area (TPSA) is 60.9 Å². The third kappa shape index (κ3) is 2.33. The molecule has 94 valence electrons. The maximum absolute atomic E-state index is 11.7. The van der Waals surface area contributed by atoms with Crippen molar-refractivity contribution in [3.63, 3.8) is 0 Å². The van der Waals surface area contributed by atoms with Crippen molar-refractivity contribution in [3.05, 3.63) is 70.8 Å². The first-order chi connectivity index (χ1) is 9.22. The highest BCUT2D eigenvalue weighted by Crippen LogP contribution is 2.14. The van der Waals surface area contributed by atoms with Gasteiger partial charge in [-0.25, -0.2) is 0 Å². The maximum atomic E-state index is 11.7. The number of hydrogen-bond donors (Lipinski definition) is 1. The molecule has 0 bridgehead atoms. The quantitative estimate of drug-likeness (QED) is 0.758. The van der Waals surface area contributed by atoms with Gasteiger partial charge in [-0.15, -0.1) is 0 Å². The Labute approximate surface area is 110 Å². The molecule has 0 spiro atoms. The summed E-state index contributed by atoms with van der Waals surface area (Å²) in [6, 6.07) is 13.0. The zero-order valence-corrected chi connectivity index (χ0v) is 10.3. The second kappa shape index (κ2) is 4.57. The van der Waals surface area contributed by atoms with Crippen LogP contribution in [0.1, 0.15) is 5.56 Å². The Hall–Kier alpha value is -2.62. The molecular weight excluding hydrogens is 238 g/mol. The van der Waals surface area contributed by atoms with Gasteiger partial charge in [0.05, 0.1) is 12.1 Å². The maximum Gasteiger partial charge on any atom is 0.250 e. The Morgan fingerprint density at radius 2 is 2.05 bits per heavy atom. The molecule has 2 N–H and O–H groups in total. The van der Waals surface area contributed by atoms with E-state index in [1.165, 1.54) is 6.07 Å². The summed E-state index contributed by atoms with van der Waals surface area (Å²) in [7, 11) is 0. The van der Waals surface area contributed by atoms with Crippen molar-refractivity contribution < 1.29 is 0 Å². The van der Waals surface area contributed by atoms with Gasteiger partial charge in [-0.3, -0.25) is 9.78 Å². The van der Waals surface area contributed by atoms with Crippen molar-refractivity contribution >= 4 is 16.6 Å². The summed E-state index contributed by atoms with van der Waals surface area (Å²) in [5.41, 5.74) is 8.23. The van der Waals surface area contributed by atoms with Crippen molar-refractivity contribution in [2.75, 3.05) is 5.73 Å². The number of aromatic nitrogens is 2. The van der Waals surface area contributed by atoms with Gasteiger partial charge in [-0.05, 0) is 29.8 Å². The molecule has 0 aliphatic heterocycles. The number of nitrogens with two attached hydrogens (primary N) is 1. The zero-order valence-electron chi connectivity index (χ0n) is 10.3. The average molecular weight is 251 g/mol. The molecule has 3 aromatic rings. The van der Waals surface area contributed by atoms with Crippen LogP contribution < -0.4 is 11.3 Å². The molecule has 2 heterocycles. The minimum absolute atomic E-state index is 0.0551. The highest BCUT2D eigenvalue weighted by molar-refractivity contribution is 5.78. The van der Waals surface area contributed by atoms with Crippen molar-refractivity contribution in [3.8, 4) is 0 Å². The largest absolute Gasteiger partial charge is 0.398 e. The van der Waals surface area contributed by atoms with Crippen LogP contribution in [-0.2, 0) is 6.54 Å². The van der Waals surface area contributed by atoms with Crippen molar-refractivity contribution in [1.29, 1.82) is 0 Å². The van der Waals surface area contributed by atoms with Crippen LogP contribution in [0.25, 0.3) is 10.9 Å². The minimum atomic E-state index is -0.0551. The summed E-state index contributed by atoms with van der Waals surface area (Å²) in [5.74, 6) is 0. The van der Waals surface area contributed by atoms with Gasteiger partial charge < -0.3 is 10.3 Å². The van der Waals surface area contributed by atoms with Gasteiger partial charge in [-0.2, -0.15) is 0 Å². The first-order valence-corrected chi connectivity index (χ1v) is 6.02. The highest BCUT2D eigenvalue weighted by atomic mass is 16.1. The van der Waals surface area contributed by atoms with Crippen LogP contribution in [-0.4, -0.2) is 9.55 Å². The fraction of sp³-hybridized carbons (Fsp3) is 0.0667. The molecule has 4 heteroatoms. The number of nitrogen functional groups attached to an aromatic ring is 1. The Morgan fingerprint density at radius 1 is 1.16 bits per heavy atom. The van der Waals surface area contributed by atoms with E-state index in [1.807, 2.05) is 30.3 Å². The smallest absolute Gasteiger partial charge is 0.250 e. The normalized spacial score (nSPS) is 10.7. The Kier molecular flexibility index (Phi) is 2.76. The number of pyridine rings is 2. The molecular formula is C15H13N3O. The van der Waals surface area contributed by atoms with Gasteiger partial charge in [0.25, 0.3) is 5.56 Å². The minimum Gasteiger partial charge on any atom is -0.398 e. The van der Waals surface area contributed by atoms with Crippen LogP contribution in [0.4, 0.5) is 5.69 Å². The molecule has 4 nitrogen and oxygen atoms in total. The molecule has 0 unspecified atom stereocenters. The SMILES string of the molecule is Nc1ccc(=O)n(Cc2ccc3ncccc3c2)c1. The van der Waals surface area contributed by atoms with E-state index in [1.54, 1.807) is 23.0 Å². The summed E-state index contributed by atoms with van der Waals surface area (Å²) in [6.07, 6.45) is 3.43. The molecule has 0 atom stereocenters. The molecule has 0 saturated heterocycles.